The Labute approximate surface area is 319 Å². The number of amides is 1. The van der Waals surface area contributed by atoms with E-state index in [1.807, 2.05) is 0 Å². The summed E-state index contributed by atoms with van der Waals surface area (Å²) in [6.45, 7) is 3.67. The Morgan fingerprint density at radius 3 is 1.55 bits per heavy atom. The Hall–Kier alpha value is -0.960. The van der Waals surface area contributed by atoms with Crippen molar-refractivity contribution in [3.63, 3.8) is 0 Å². The maximum atomic E-state index is 12.9. The van der Waals surface area contributed by atoms with Crippen molar-refractivity contribution in [1.29, 1.82) is 0 Å². The summed E-state index contributed by atoms with van der Waals surface area (Å²) in [5, 5.41) is 74.0. The standard InChI is InChI=1S/C39H76NO12P/c1-3-5-7-9-11-13-14-15-16-17-19-20-22-24-26-30(41)28-33(43)40-31(32(42)27-25-23-21-18-12-10-8-6-4-2)29-51-53(49,50)52-39-37(47)35(45)34(44)36(46)38(39)48/h25,27,30-32,34-39,41-42,44-48H,3-24,26,28-29H2,1-2H3,(H,40,43)(H,49,50)/b27-25+. The van der Waals surface area contributed by atoms with Crippen LogP contribution in [-0.4, -0.2) is 108 Å². The molecule has 13 nitrogen and oxygen atoms in total. The molecule has 0 heterocycles. The van der Waals surface area contributed by atoms with E-state index in [0.29, 0.717) is 12.8 Å². The summed E-state index contributed by atoms with van der Waals surface area (Å²) in [4.78, 5) is 23.3. The fourth-order valence-electron chi connectivity index (χ4n) is 6.65. The van der Waals surface area contributed by atoms with Crippen LogP contribution in [0.4, 0.5) is 0 Å². The van der Waals surface area contributed by atoms with E-state index in [9.17, 15) is 50.0 Å². The van der Waals surface area contributed by atoms with Gasteiger partial charge in [0.25, 0.3) is 0 Å². The molecule has 0 spiro atoms. The molecule has 1 aliphatic carbocycles. The minimum atomic E-state index is -5.12. The molecule has 0 aromatic rings. The smallest absolute Gasteiger partial charge is 0.393 e. The topological polar surface area (TPSA) is 226 Å². The van der Waals surface area contributed by atoms with Crippen LogP contribution >= 0.6 is 7.82 Å². The number of hydrogen-bond donors (Lipinski definition) is 9. The second kappa shape index (κ2) is 30.2. The van der Waals surface area contributed by atoms with E-state index < -0.39 is 75.2 Å². The SMILES string of the molecule is CCCCCCCCC/C=C/C(O)C(COP(=O)(O)OC1C(O)C(O)C(O)C(O)C1O)NC(=O)CC(O)CCCCCCCCCCCCCCCC. The van der Waals surface area contributed by atoms with Gasteiger partial charge in [0.15, 0.2) is 0 Å². The minimum Gasteiger partial charge on any atom is -0.393 e. The van der Waals surface area contributed by atoms with Crippen molar-refractivity contribution >= 4 is 13.7 Å². The first-order chi connectivity index (χ1) is 25.3. The third-order valence-electron chi connectivity index (χ3n) is 10.1. The van der Waals surface area contributed by atoms with Gasteiger partial charge in [-0.05, 0) is 19.3 Å². The van der Waals surface area contributed by atoms with Crippen molar-refractivity contribution in [2.75, 3.05) is 6.61 Å². The Morgan fingerprint density at radius 2 is 1.08 bits per heavy atom. The fraction of sp³-hybridized carbons (Fsp3) is 0.923. The highest BCUT2D eigenvalue weighted by molar-refractivity contribution is 7.47. The number of carbonyl (C=O) groups is 1. The summed E-state index contributed by atoms with van der Waals surface area (Å²) in [5.41, 5.74) is 0. The highest BCUT2D eigenvalue weighted by Crippen LogP contribution is 2.47. The van der Waals surface area contributed by atoms with Crippen molar-refractivity contribution in [3.8, 4) is 0 Å². The number of allylic oxidation sites excluding steroid dienone is 1. The monoisotopic (exact) mass is 782 g/mol. The molecule has 1 amide bonds. The minimum absolute atomic E-state index is 0.241. The van der Waals surface area contributed by atoms with E-state index in [0.717, 1.165) is 44.9 Å². The van der Waals surface area contributed by atoms with Gasteiger partial charge in [0, 0.05) is 0 Å². The van der Waals surface area contributed by atoms with Crippen LogP contribution in [0.3, 0.4) is 0 Å². The lowest BCUT2D eigenvalue weighted by Gasteiger charge is -2.41. The molecular formula is C39H76NO12P. The molecule has 0 aromatic carbocycles. The van der Waals surface area contributed by atoms with Gasteiger partial charge in [-0.15, -0.1) is 0 Å². The molecule has 8 unspecified atom stereocenters. The fourth-order valence-corrected chi connectivity index (χ4v) is 7.62. The third kappa shape index (κ3) is 23.0. The van der Waals surface area contributed by atoms with E-state index in [1.165, 1.54) is 96.0 Å². The number of hydrogen-bond acceptors (Lipinski definition) is 11. The van der Waals surface area contributed by atoms with Crippen molar-refractivity contribution in [2.24, 2.45) is 0 Å². The number of carbonyl (C=O) groups excluding carboxylic acids is 1. The van der Waals surface area contributed by atoms with E-state index in [4.69, 9.17) is 9.05 Å². The lowest BCUT2D eigenvalue weighted by molar-refractivity contribution is -0.220. The van der Waals surface area contributed by atoms with Crippen molar-refractivity contribution in [2.45, 2.75) is 223 Å². The van der Waals surface area contributed by atoms with Crippen LogP contribution in [-0.2, 0) is 18.4 Å². The average Bonchev–Trinajstić information content (AvgIpc) is 3.12. The molecule has 0 saturated heterocycles. The van der Waals surface area contributed by atoms with Gasteiger partial charge in [0.1, 0.15) is 36.6 Å². The highest BCUT2D eigenvalue weighted by atomic mass is 31.2. The van der Waals surface area contributed by atoms with E-state index >= 15 is 0 Å². The van der Waals surface area contributed by atoms with E-state index in [2.05, 4.69) is 19.2 Å². The Balaban J connectivity index is 2.57. The van der Waals surface area contributed by atoms with Gasteiger partial charge in [0.2, 0.25) is 5.91 Å². The molecule has 1 aliphatic rings. The summed E-state index contributed by atoms with van der Waals surface area (Å²) in [5.74, 6) is -0.594. The van der Waals surface area contributed by atoms with Crippen LogP contribution in [0, 0.1) is 0 Å². The van der Waals surface area contributed by atoms with Crippen molar-refractivity contribution in [3.05, 3.63) is 12.2 Å². The third-order valence-corrected chi connectivity index (χ3v) is 11.1. The van der Waals surface area contributed by atoms with Crippen LogP contribution in [0.1, 0.15) is 168 Å². The van der Waals surface area contributed by atoms with Crippen molar-refractivity contribution in [1.82, 2.24) is 5.32 Å². The Morgan fingerprint density at radius 1 is 0.660 bits per heavy atom. The first kappa shape index (κ1) is 50.1. The van der Waals surface area contributed by atoms with Crippen LogP contribution in [0.5, 0.6) is 0 Å². The van der Waals surface area contributed by atoms with Crippen LogP contribution in [0.2, 0.25) is 0 Å². The first-order valence-corrected chi connectivity index (χ1v) is 22.2. The van der Waals surface area contributed by atoms with Gasteiger partial charge in [-0.1, -0.05) is 154 Å². The second-order valence-electron chi connectivity index (χ2n) is 15.0. The zero-order valence-electron chi connectivity index (χ0n) is 32.7. The summed E-state index contributed by atoms with van der Waals surface area (Å²) in [6.07, 6.45) is 14.7. The van der Waals surface area contributed by atoms with E-state index in [-0.39, 0.29) is 6.42 Å². The van der Waals surface area contributed by atoms with Gasteiger partial charge in [0.05, 0.1) is 31.3 Å². The van der Waals surface area contributed by atoms with Crippen LogP contribution in [0.15, 0.2) is 12.2 Å². The normalized spacial score (nSPS) is 24.9. The average molecular weight is 782 g/mol. The quantitative estimate of drug-likeness (QED) is 0.0230. The predicted octanol–water partition coefficient (Wildman–Crippen LogP) is 5.47. The maximum absolute atomic E-state index is 12.9. The predicted molar refractivity (Wildman–Crippen MR) is 206 cm³/mol. The highest BCUT2D eigenvalue weighted by Gasteiger charge is 2.51. The number of unbranched alkanes of at least 4 members (excludes halogenated alkanes) is 20. The lowest BCUT2D eigenvalue weighted by atomic mass is 9.85. The Kier molecular flexibility index (Phi) is 28.5. The molecule has 1 fully saturated rings. The number of aliphatic hydroxyl groups is 7. The molecule has 1 saturated carbocycles. The van der Waals surface area contributed by atoms with Gasteiger partial charge in [-0.2, -0.15) is 0 Å². The van der Waals surface area contributed by atoms with E-state index in [1.54, 1.807) is 6.08 Å². The van der Waals surface area contributed by atoms with Gasteiger partial charge in [-0.3, -0.25) is 13.8 Å². The second-order valence-corrected chi connectivity index (χ2v) is 16.4. The molecule has 14 heteroatoms. The van der Waals surface area contributed by atoms with Crippen LogP contribution < -0.4 is 5.32 Å². The number of phosphoric ester groups is 1. The Bertz CT molecular complexity index is 974. The molecule has 0 bridgehead atoms. The summed E-state index contributed by atoms with van der Waals surface area (Å²) in [6, 6.07) is -1.23. The first-order valence-electron chi connectivity index (χ1n) is 20.7. The number of phosphoric acid groups is 1. The number of rotatable bonds is 33. The van der Waals surface area contributed by atoms with Gasteiger partial charge < -0.3 is 46.0 Å². The number of nitrogens with one attached hydrogen (secondary N) is 1. The summed E-state index contributed by atoms with van der Waals surface area (Å²) >= 11 is 0. The largest absolute Gasteiger partial charge is 0.472 e. The van der Waals surface area contributed by atoms with Crippen LogP contribution in [0.25, 0.3) is 0 Å². The molecule has 8 atom stereocenters. The molecule has 9 N–H and O–H groups in total. The molecule has 314 valence electrons. The van der Waals surface area contributed by atoms with Gasteiger partial charge >= 0.3 is 7.82 Å². The maximum Gasteiger partial charge on any atom is 0.472 e. The van der Waals surface area contributed by atoms with Gasteiger partial charge in [-0.25, -0.2) is 4.57 Å². The molecule has 0 aromatic heterocycles. The zero-order valence-corrected chi connectivity index (χ0v) is 33.6. The lowest BCUT2D eigenvalue weighted by Crippen LogP contribution is -2.64. The molecule has 0 radical (unpaired) electrons. The molecule has 0 aliphatic heterocycles. The zero-order chi connectivity index (χ0) is 39.5. The summed E-state index contributed by atoms with van der Waals surface area (Å²) in [7, 11) is -5.12. The molecule has 1 rings (SSSR count). The molecule has 53 heavy (non-hydrogen) atoms. The summed E-state index contributed by atoms with van der Waals surface area (Å²) < 4.78 is 22.7. The number of aliphatic hydroxyl groups excluding tert-OH is 7. The van der Waals surface area contributed by atoms with Crippen molar-refractivity contribution < 1.29 is 59.0 Å². The molecular weight excluding hydrogens is 705 g/mol.